The van der Waals surface area contributed by atoms with Crippen molar-refractivity contribution >= 4 is 30.7 Å². The molecular weight excluding hydrogens is 270 g/mol. The Labute approximate surface area is 120 Å². The summed E-state index contributed by atoms with van der Waals surface area (Å²) in [5.74, 6) is 3.20. The van der Waals surface area contributed by atoms with Gasteiger partial charge in [-0.15, -0.1) is 5.54 Å². The van der Waals surface area contributed by atoms with Crippen LogP contribution in [0.2, 0.25) is 19.6 Å². The lowest BCUT2D eigenvalue weighted by molar-refractivity contribution is 1.28. The average molecular weight is 287 g/mol. The molecule has 0 atom stereocenters. The van der Waals surface area contributed by atoms with Crippen LogP contribution >= 0.6 is 11.8 Å². The van der Waals surface area contributed by atoms with Gasteiger partial charge in [-0.3, -0.25) is 5.32 Å². The number of nitrogens with one attached hydrogen (secondary N) is 1. The van der Waals surface area contributed by atoms with Crippen molar-refractivity contribution in [3.05, 3.63) is 29.8 Å². The number of amidine groups is 1. The van der Waals surface area contributed by atoms with Gasteiger partial charge in [0.1, 0.15) is 8.07 Å². The summed E-state index contributed by atoms with van der Waals surface area (Å²) in [6, 6.07) is 7.73. The number of nitrogens with zero attached hydrogens (tertiary/aromatic N) is 2. The third-order valence-corrected chi connectivity index (χ3v) is 3.47. The van der Waals surface area contributed by atoms with Crippen LogP contribution in [0.25, 0.3) is 0 Å². The van der Waals surface area contributed by atoms with Crippen LogP contribution in [0.4, 0.5) is 5.69 Å². The molecule has 0 heterocycles. The van der Waals surface area contributed by atoms with Crippen molar-refractivity contribution in [1.29, 1.82) is 5.26 Å². The van der Waals surface area contributed by atoms with Gasteiger partial charge in [0, 0.05) is 5.56 Å². The molecule has 0 bridgehead atoms. The van der Waals surface area contributed by atoms with Crippen LogP contribution in [0.5, 0.6) is 0 Å². The Bertz CT molecular complexity index is 571. The van der Waals surface area contributed by atoms with E-state index < -0.39 is 8.07 Å². The molecule has 0 amide bonds. The maximum atomic E-state index is 8.60. The van der Waals surface area contributed by atoms with Crippen LogP contribution in [-0.4, -0.2) is 19.5 Å². The van der Waals surface area contributed by atoms with Crippen LogP contribution in [-0.2, 0) is 0 Å². The Balaban J connectivity index is 3.00. The SMILES string of the molecule is CSC(=Nc1cccc(C#C[Si](C)(C)C)c1)NC#N. The zero-order valence-electron chi connectivity index (χ0n) is 11.6. The topological polar surface area (TPSA) is 48.2 Å². The van der Waals surface area contributed by atoms with Gasteiger partial charge < -0.3 is 0 Å². The summed E-state index contributed by atoms with van der Waals surface area (Å²) >= 11 is 1.40. The molecular formula is C14H17N3SSi. The van der Waals surface area contributed by atoms with Gasteiger partial charge in [-0.2, -0.15) is 5.26 Å². The average Bonchev–Trinajstić information content (AvgIpc) is 2.35. The Morgan fingerprint density at radius 3 is 2.68 bits per heavy atom. The second kappa shape index (κ2) is 7.03. The first-order chi connectivity index (χ1) is 8.94. The first-order valence-electron chi connectivity index (χ1n) is 5.85. The van der Waals surface area contributed by atoms with Crippen molar-refractivity contribution in [2.75, 3.05) is 6.26 Å². The summed E-state index contributed by atoms with van der Waals surface area (Å²) in [5.41, 5.74) is 5.08. The highest BCUT2D eigenvalue weighted by atomic mass is 32.2. The number of thioether (sulfide) groups is 1. The standard InChI is InChI=1S/C14H17N3SSi/c1-18-14(16-11-15)17-13-7-5-6-12(10-13)8-9-19(2,3)4/h5-7,10H,1-4H3,(H,16,17). The summed E-state index contributed by atoms with van der Waals surface area (Å²) in [4.78, 5) is 4.36. The molecule has 0 unspecified atom stereocenters. The summed E-state index contributed by atoms with van der Waals surface area (Å²) < 4.78 is 0. The van der Waals surface area contributed by atoms with Crippen LogP contribution in [0, 0.1) is 22.9 Å². The predicted octanol–water partition coefficient (Wildman–Crippen LogP) is 3.34. The fraction of sp³-hybridized carbons (Fsp3) is 0.286. The summed E-state index contributed by atoms with van der Waals surface area (Å²) in [6.45, 7) is 6.64. The van der Waals surface area contributed by atoms with Crippen molar-refractivity contribution in [2.24, 2.45) is 4.99 Å². The Morgan fingerprint density at radius 2 is 2.11 bits per heavy atom. The number of hydrogen-bond donors (Lipinski definition) is 1. The van der Waals surface area contributed by atoms with E-state index in [1.807, 2.05) is 36.7 Å². The number of aliphatic imine (C=N–C) groups is 1. The Kier molecular flexibility index (Phi) is 5.69. The van der Waals surface area contributed by atoms with Gasteiger partial charge in [0.05, 0.1) is 5.69 Å². The molecule has 0 spiro atoms. The molecule has 0 aliphatic rings. The third kappa shape index (κ3) is 6.14. The van der Waals surface area contributed by atoms with E-state index in [0.717, 1.165) is 11.3 Å². The summed E-state index contributed by atoms with van der Waals surface area (Å²) in [6.07, 6.45) is 3.75. The second-order valence-electron chi connectivity index (χ2n) is 4.91. The number of benzene rings is 1. The van der Waals surface area contributed by atoms with Crippen molar-refractivity contribution < 1.29 is 0 Å². The molecule has 0 aliphatic carbocycles. The molecule has 19 heavy (non-hydrogen) atoms. The summed E-state index contributed by atoms with van der Waals surface area (Å²) in [7, 11) is -1.37. The molecule has 0 aromatic heterocycles. The second-order valence-corrected chi connectivity index (χ2v) is 10.5. The minimum Gasteiger partial charge on any atom is -0.271 e. The van der Waals surface area contributed by atoms with Crippen molar-refractivity contribution in [3.8, 4) is 17.7 Å². The Hall–Kier alpha value is -1.69. The van der Waals surface area contributed by atoms with Gasteiger partial charge in [-0.25, -0.2) is 4.99 Å². The normalized spacial score (nSPS) is 11.2. The smallest absolute Gasteiger partial charge is 0.183 e. The minimum atomic E-state index is -1.37. The molecule has 3 nitrogen and oxygen atoms in total. The van der Waals surface area contributed by atoms with Crippen molar-refractivity contribution in [2.45, 2.75) is 19.6 Å². The third-order valence-electron chi connectivity index (χ3n) is 2.01. The quantitative estimate of drug-likeness (QED) is 0.215. The van der Waals surface area contributed by atoms with E-state index in [2.05, 4.69) is 41.4 Å². The Morgan fingerprint density at radius 1 is 1.37 bits per heavy atom. The lowest BCUT2D eigenvalue weighted by atomic mass is 10.2. The number of rotatable bonds is 1. The van der Waals surface area contributed by atoms with E-state index >= 15 is 0 Å². The maximum absolute atomic E-state index is 8.60. The summed E-state index contributed by atoms with van der Waals surface area (Å²) in [5, 5.41) is 11.7. The predicted molar refractivity (Wildman–Crippen MR) is 86.0 cm³/mol. The van der Waals surface area contributed by atoms with Crippen molar-refractivity contribution in [1.82, 2.24) is 5.32 Å². The van der Waals surface area contributed by atoms with E-state index in [9.17, 15) is 0 Å². The van der Waals surface area contributed by atoms with Gasteiger partial charge in [0.15, 0.2) is 11.4 Å². The maximum Gasteiger partial charge on any atom is 0.183 e. The molecule has 1 N–H and O–H groups in total. The first kappa shape index (κ1) is 15.4. The lowest BCUT2D eigenvalue weighted by Crippen LogP contribution is -2.16. The molecule has 0 aliphatic heterocycles. The number of hydrogen-bond acceptors (Lipinski definition) is 3. The molecule has 98 valence electrons. The van der Waals surface area contributed by atoms with Crippen LogP contribution in [0.3, 0.4) is 0 Å². The highest BCUT2D eigenvalue weighted by Crippen LogP contribution is 2.15. The van der Waals surface area contributed by atoms with E-state index in [1.165, 1.54) is 11.8 Å². The molecule has 1 aromatic rings. The zero-order valence-corrected chi connectivity index (χ0v) is 13.4. The minimum absolute atomic E-state index is 0.581. The van der Waals surface area contributed by atoms with Crippen molar-refractivity contribution in [3.63, 3.8) is 0 Å². The number of nitriles is 1. The fourth-order valence-corrected chi connectivity index (χ4v) is 2.07. The van der Waals surface area contributed by atoms with E-state index in [1.54, 1.807) is 0 Å². The molecule has 0 fully saturated rings. The molecule has 0 radical (unpaired) electrons. The van der Waals surface area contributed by atoms with E-state index in [4.69, 9.17) is 5.26 Å². The molecule has 0 saturated heterocycles. The van der Waals surface area contributed by atoms with Gasteiger partial charge in [-0.1, -0.05) is 43.4 Å². The molecule has 0 saturated carbocycles. The molecule has 1 rings (SSSR count). The zero-order chi connectivity index (χ0) is 14.3. The van der Waals surface area contributed by atoms with Crippen LogP contribution in [0.15, 0.2) is 29.3 Å². The highest BCUT2D eigenvalue weighted by molar-refractivity contribution is 8.13. The van der Waals surface area contributed by atoms with Gasteiger partial charge in [-0.05, 0) is 24.5 Å². The molecule has 5 heteroatoms. The van der Waals surface area contributed by atoms with Gasteiger partial charge >= 0.3 is 0 Å². The monoisotopic (exact) mass is 287 g/mol. The van der Waals surface area contributed by atoms with E-state index in [0.29, 0.717) is 5.17 Å². The van der Waals surface area contributed by atoms with Gasteiger partial charge in [0.25, 0.3) is 0 Å². The van der Waals surface area contributed by atoms with Crippen LogP contribution in [0.1, 0.15) is 5.56 Å². The van der Waals surface area contributed by atoms with Gasteiger partial charge in [0.2, 0.25) is 0 Å². The first-order valence-corrected chi connectivity index (χ1v) is 10.6. The highest BCUT2D eigenvalue weighted by Gasteiger charge is 2.07. The largest absolute Gasteiger partial charge is 0.271 e. The molecule has 1 aromatic carbocycles. The van der Waals surface area contributed by atoms with Crippen LogP contribution < -0.4 is 5.32 Å². The fourth-order valence-electron chi connectivity index (χ4n) is 1.20. The van der Waals surface area contributed by atoms with E-state index in [-0.39, 0.29) is 0 Å². The lowest BCUT2D eigenvalue weighted by Gasteiger charge is -2.04.